The van der Waals surface area contributed by atoms with E-state index in [9.17, 15) is 19.1 Å². The average molecular weight is 388 g/mol. The van der Waals surface area contributed by atoms with Crippen molar-refractivity contribution in [1.29, 1.82) is 0 Å². The topological polar surface area (TPSA) is 70.5 Å². The zero-order chi connectivity index (χ0) is 19.0. The summed E-state index contributed by atoms with van der Waals surface area (Å²) in [7, 11) is 0. The van der Waals surface area contributed by atoms with Crippen LogP contribution in [0.2, 0.25) is 0 Å². The van der Waals surface area contributed by atoms with Gasteiger partial charge in [0, 0.05) is 24.9 Å². The zero-order valence-electron chi connectivity index (χ0n) is 14.9. The number of carbonyl (C=O) groups excluding carboxylic acids is 1. The number of benzene rings is 1. The van der Waals surface area contributed by atoms with Gasteiger partial charge in [0.05, 0.1) is 22.5 Å². The number of fused-ring (bicyclic) bond motifs is 1. The molecule has 2 aromatic rings. The van der Waals surface area contributed by atoms with E-state index in [1.54, 1.807) is 17.0 Å². The van der Waals surface area contributed by atoms with Crippen molar-refractivity contribution >= 4 is 23.2 Å². The molecule has 1 aliphatic carbocycles. The van der Waals surface area contributed by atoms with Crippen molar-refractivity contribution in [2.24, 2.45) is 11.3 Å². The zero-order valence-corrected chi connectivity index (χ0v) is 15.7. The minimum absolute atomic E-state index is 0.0522. The minimum Gasteiger partial charge on any atom is -0.481 e. The molecule has 1 saturated carbocycles. The second-order valence-corrected chi connectivity index (χ2v) is 8.48. The Bertz CT molecular complexity index is 866. The number of amides is 1. The SMILES string of the molecule is O=C(Cc1csc(Cc2ccc(F)cc2)n1)N1C[C@@H]2CCC[C@@]2(C(=O)O)C1. The molecule has 1 N–H and O–H groups in total. The average Bonchev–Trinajstić information content (AvgIpc) is 3.31. The number of halogens is 1. The second kappa shape index (κ2) is 7.03. The van der Waals surface area contributed by atoms with Crippen molar-refractivity contribution in [2.45, 2.75) is 32.1 Å². The summed E-state index contributed by atoms with van der Waals surface area (Å²) >= 11 is 1.48. The van der Waals surface area contributed by atoms with Crippen molar-refractivity contribution in [2.75, 3.05) is 13.1 Å². The molecule has 142 valence electrons. The number of thiazole rings is 1. The molecule has 27 heavy (non-hydrogen) atoms. The molecule has 0 radical (unpaired) electrons. The highest BCUT2D eigenvalue weighted by Crippen LogP contribution is 2.48. The molecule has 0 spiro atoms. The van der Waals surface area contributed by atoms with Gasteiger partial charge in [0.2, 0.25) is 5.91 Å². The third-order valence-electron chi connectivity index (χ3n) is 5.85. The molecule has 5 nitrogen and oxygen atoms in total. The molecule has 2 aliphatic rings. The first-order valence-corrected chi connectivity index (χ1v) is 10.0. The Balaban J connectivity index is 1.39. The molecule has 0 bridgehead atoms. The van der Waals surface area contributed by atoms with Crippen LogP contribution in [-0.2, 0) is 22.4 Å². The Kier molecular flexibility index (Phi) is 4.72. The lowest BCUT2D eigenvalue weighted by Gasteiger charge is -2.23. The predicted octanol–water partition coefficient (Wildman–Crippen LogP) is 3.13. The van der Waals surface area contributed by atoms with E-state index in [4.69, 9.17) is 0 Å². The largest absolute Gasteiger partial charge is 0.481 e. The first-order valence-electron chi connectivity index (χ1n) is 9.15. The maximum absolute atomic E-state index is 13.0. The van der Waals surface area contributed by atoms with Gasteiger partial charge in [0.25, 0.3) is 0 Å². The number of aliphatic carboxylic acids is 1. The van der Waals surface area contributed by atoms with Crippen molar-refractivity contribution in [3.05, 3.63) is 51.7 Å². The molecule has 1 saturated heterocycles. The van der Waals surface area contributed by atoms with Gasteiger partial charge < -0.3 is 10.0 Å². The van der Waals surface area contributed by atoms with Crippen LogP contribution in [0.25, 0.3) is 0 Å². The van der Waals surface area contributed by atoms with Crippen LogP contribution in [0.3, 0.4) is 0 Å². The van der Waals surface area contributed by atoms with Gasteiger partial charge in [-0.1, -0.05) is 18.6 Å². The minimum atomic E-state index is -0.768. The van der Waals surface area contributed by atoms with Crippen LogP contribution in [0.4, 0.5) is 4.39 Å². The van der Waals surface area contributed by atoms with Gasteiger partial charge in [-0.15, -0.1) is 11.3 Å². The number of hydrogen-bond donors (Lipinski definition) is 1. The molecule has 4 rings (SSSR count). The third-order valence-corrected chi connectivity index (χ3v) is 6.75. The number of nitrogens with zero attached hydrogens (tertiary/aromatic N) is 2. The third kappa shape index (κ3) is 3.48. The van der Waals surface area contributed by atoms with E-state index in [2.05, 4.69) is 4.98 Å². The van der Waals surface area contributed by atoms with Crippen LogP contribution in [0.1, 0.15) is 35.5 Å². The smallest absolute Gasteiger partial charge is 0.311 e. The van der Waals surface area contributed by atoms with E-state index < -0.39 is 11.4 Å². The van der Waals surface area contributed by atoms with E-state index in [0.717, 1.165) is 23.4 Å². The number of hydrogen-bond acceptors (Lipinski definition) is 4. The van der Waals surface area contributed by atoms with Crippen LogP contribution in [0, 0.1) is 17.2 Å². The maximum atomic E-state index is 13.0. The van der Waals surface area contributed by atoms with Gasteiger partial charge in [-0.25, -0.2) is 9.37 Å². The summed E-state index contributed by atoms with van der Waals surface area (Å²) < 4.78 is 13.0. The highest BCUT2D eigenvalue weighted by Gasteiger charge is 2.55. The fourth-order valence-electron chi connectivity index (χ4n) is 4.38. The number of aromatic nitrogens is 1. The summed E-state index contributed by atoms with van der Waals surface area (Å²) in [5.74, 6) is -1.01. The van der Waals surface area contributed by atoms with E-state index in [1.807, 2.05) is 5.38 Å². The number of carbonyl (C=O) groups is 2. The lowest BCUT2D eigenvalue weighted by molar-refractivity contribution is -0.149. The van der Waals surface area contributed by atoms with Crippen LogP contribution >= 0.6 is 11.3 Å². The van der Waals surface area contributed by atoms with Crippen molar-refractivity contribution in [1.82, 2.24) is 9.88 Å². The molecule has 1 aromatic carbocycles. The quantitative estimate of drug-likeness (QED) is 0.854. The Labute approximate surface area is 160 Å². The second-order valence-electron chi connectivity index (χ2n) is 7.54. The molecular formula is C20H21FN2O3S. The molecule has 2 fully saturated rings. The summed E-state index contributed by atoms with van der Waals surface area (Å²) in [5, 5.41) is 12.4. The molecule has 2 heterocycles. The van der Waals surface area contributed by atoms with E-state index in [1.165, 1.54) is 23.5 Å². The van der Waals surface area contributed by atoms with Gasteiger partial charge in [-0.05, 0) is 36.5 Å². The summed E-state index contributed by atoms with van der Waals surface area (Å²) in [6, 6.07) is 6.32. The maximum Gasteiger partial charge on any atom is 0.311 e. The first-order chi connectivity index (χ1) is 13.0. The summed E-state index contributed by atoms with van der Waals surface area (Å²) in [6.07, 6.45) is 3.27. The van der Waals surface area contributed by atoms with Crippen LogP contribution in [0.15, 0.2) is 29.6 Å². The normalized spacial score (nSPS) is 24.2. The van der Waals surface area contributed by atoms with E-state index in [0.29, 0.717) is 31.6 Å². The van der Waals surface area contributed by atoms with Crippen molar-refractivity contribution in [3.63, 3.8) is 0 Å². The van der Waals surface area contributed by atoms with Gasteiger partial charge in [-0.3, -0.25) is 9.59 Å². The van der Waals surface area contributed by atoms with E-state index >= 15 is 0 Å². The highest BCUT2D eigenvalue weighted by molar-refractivity contribution is 7.09. The fourth-order valence-corrected chi connectivity index (χ4v) is 5.21. The Morgan fingerprint density at radius 2 is 2.11 bits per heavy atom. The van der Waals surface area contributed by atoms with Gasteiger partial charge in [-0.2, -0.15) is 0 Å². The highest BCUT2D eigenvalue weighted by atomic mass is 32.1. The lowest BCUT2D eigenvalue weighted by atomic mass is 9.81. The monoisotopic (exact) mass is 388 g/mol. The standard InChI is InChI=1S/C20H21FN2O3S/c21-15-5-3-13(4-6-15)8-17-22-16(11-27-17)9-18(24)23-10-14-2-1-7-20(14,12-23)19(25)26/h3-6,11,14H,1-2,7-10,12H2,(H,25,26)/t14-,20+/m0/s1. The van der Waals surface area contributed by atoms with Gasteiger partial charge >= 0.3 is 5.97 Å². The summed E-state index contributed by atoms with van der Waals surface area (Å²) in [4.78, 5) is 30.7. The molecule has 1 aliphatic heterocycles. The summed E-state index contributed by atoms with van der Waals surface area (Å²) in [6.45, 7) is 0.857. The Morgan fingerprint density at radius 1 is 1.33 bits per heavy atom. The molecule has 2 atom stereocenters. The molecule has 1 aromatic heterocycles. The van der Waals surface area contributed by atoms with Crippen molar-refractivity contribution in [3.8, 4) is 0 Å². The number of likely N-dealkylation sites (tertiary alicyclic amines) is 1. The molecule has 7 heteroatoms. The van der Waals surface area contributed by atoms with Gasteiger partial charge in [0.15, 0.2) is 0 Å². The number of carboxylic acid groups (broad SMARTS) is 1. The molecular weight excluding hydrogens is 367 g/mol. The Hall–Kier alpha value is -2.28. The molecule has 1 amide bonds. The van der Waals surface area contributed by atoms with Crippen molar-refractivity contribution < 1.29 is 19.1 Å². The predicted molar refractivity (Wildman–Crippen MR) is 99.0 cm³/mol. The van der Waals surface area contributed by atoms with Gasteiger partial charge in [0.1, 0.15) is 5.82 Å². The molecule has 0 unspecified atom stereocenters. The Morgan fingerprint density at radius 3 is 2.81 bits per heavy atom. The van der Waals surface area contributed by atoms with E-state index in [-0.39, 0.29) is 24.1 Å². The summed E-state index contributed by atoms with van der Waals surface area (Å²) in [5.41, 5.74) is 0.939. The van der Waals surface area contributed by atoms with Crippen LogP contribution in [-0.4, -0.2) is 40.0 Å². The lowest BCUT2D eigenvalue weighted by Crippen LogP contribution is -2.37. The fraction of sp³-hybridized carbons (Fsp3) is 0.450. The number of rotatable bonds is 5. The first kappa shape index (κ1) is 18.1. The number of carboxylic acids is 1. The van der Waals surface area contributed by atoms with Crippen LogP contribution < -0.4 is 0 Å². The van der Waals surface area contributed by atoms with Crippen LogP contribution in [0.5, 0.6) is 0 Å².